The van der Waals surface area contributed by atoms with Crippen LogP contribution in [0.5, 0.6) is 5.75 Å². The molecule has 0 aliphatic carbocycles. The normalized spacial score (nSPS) is 16.7. The largest absolute Gasteiger partial charge is 0.503 e. The maximum atomic E-state index is 13.1. The summed E-state index contributed by atoms with van der Waals surface area (Å²) in [6.07, 6.45) is 1.49. The molecule has 3 heterocycles. The van der Waals surface area contributed by atoms with Gasteiger partial charge < -0.3 is 14.3 Å². The minimum Gasteiger partial charge on any atom is -0.503 e. The van der Waals surface area contributed by atoms with E-state index < -0.39 is 23.5 Å². The number of hydrogen-bond donors (Lipinski definition) is 1. The van der Waals surface area contributed by atoms with Crippen molar-refractivity contribution in [2.24, 2.45) is 0 Å². The van der Waals surface area contributed by atoms with Crippen LogP contribution >= 0.6 is 11.3 Å². The number of furan rings is 1. The average molecular weight is 409 g/mol. The van der Waals surface area contributed by atoms with Crippen LogP contribution in [0.1, 0.15) is 35.3 Å². The van der Waals surface area contributed by atoms with Gasteiger partial charge in [0.15, 0.2) is 5.76 Å². The van der Waals surface area contributed by atoms with Gasteiger partial charge in [-0.05, 0) is 61.7 Å². The highest BCUT2D eigenvalue weighted by atomic mass is 32.1. The van der Waals surface area contributed by atoms with Crippen LogP contribution in [0.4, 0.5) is 5.69 Å². The van der Waals surface area contributed by atoms with Gasteiger partial charge in [0.05, 0.1) is 22.8 Å². The lowest BCUT2D eigenvalue weighted by molar-refractivity contribution is -0.117. The van der Waals surface area contributed by atoms with Crippen molar-refractivity contribution in [3.63, 3.8) is 0 Å². The first-order chi connectivity index (χ1) is 14.0. The van der Waals surface area contributed by atoms with Crippen LogP contribution in [0.15, 0.2) is 75.9 Å². The van der Waals surface area contributed by atoms with Crippen molar-refractivity contribution in [3.8, 4) is 5.75 Å². The molecule has 1 unspecified atom stereocenters. The van der Waals surface area contributed by atoms with Crippen LogP contribution in [0.25, 0.3) is 0 Å². The minimum atomic E-state index is -0.857. The van der Waals surface area contributed by atoms with Gasteiger partial charge in [-0.15, -0.1) is 11.3 Å². The number of carbonyl (C=O) groups is 2. The topological polar surface area (TPSA) is 80.0 Å². The van der Waals surface area contributed by atoms with Crippen LogP contribution < -0.4 is 9.64 Å². The van der Waals surface area contributed by atoms with Crippen molar-refractivity contribution in [2.75, 3.05) is 4.90 Å². The number of thiophene rings is 1. The summed E-state index contributed by atoms with van der Waals surface area (Å²) >= 11 is 1.25. The number of nitrogens with zero attached hydrogens (tertiary/aromatic N) is 1. The quantitative estimate of drug-likeness (QED) is 0.585. The molecule has 2 aromatic heterocycles. The summed E-state index contributed by atoms with van der Waals surface area (Å²) in [5, 5.41) is 12.4. The van der Waals surface area contributed by atoms with Gasteiger partial charge in [0, 0.05) is 5.69 Å². The number of amides is 1. The van der Waals surface area contributed by atoms with Gasteiger partial charge in [0.2, 0.25) is 5.78 Å². The molecule has 1 atom stereocenters. The summed E-state index contributed by atoms with van der Waals surface area (Å²) in [6.45, 7) is 3.85. The summed E-state index contributed by atoms with van der Waals surface area (Å²) in [7, 11) is 0. The lowest BCUT2D eigenvalue weighted by Crippen LogP contribution is -2.30. The molecule has 4 rings (SSSR count). The summed E-state index contributed by atoms with van der Waals surface area (Å²) in [5.41, 5.74) is 0.531. The standard InChI is InChI=1S/C22H19NO5S/c1-13(2)28-15-9-7-14(8-10-15)23-19(16-5-3-11-27-16)18(21(25)22(23)26)20(24)17-6-4-12-29-17/h3-13,19,25H,1-2H3. The number of Topliss-reactive ketones (excluding diaryl/α,β-unsaturated/α-hetero) is 1. The molecule has 148 valence electrons. The molecular weight excluding hydrogens is 390 g/mol. The zero-order valence-electron chi connectivity index (χ0n) is 15.9. The number of anilines is 1. The number of ether oxygens (including phenoxy) is 1. The third-order valence-electron chi connectivity index (χ3n) is 4.50. The van der Waals surface area contributed by atoms with Crippen LogP contribution in [0, 0.1) is 0 Å². The summed E-state index contributed by atoms with van der Waals surface area (Å²) in [5.74, 6) is -0.549. The highest BCUT2D eigenvalue weighted by Crippen LogP contribution is 2.42. The first kappa shape index (κ1) is 19.0. The van der Waals surface area contributed by atoms with Crippen molar-refractivity contribution >= 4 is 28.7 Å². The Labute approximate surface area is 171 Å². The Balaban J connectivity index is 1.76. The molecule has 0 radical (unpaired) electrons. The fourth-order valence-corrected chi connectivity index (χ4v) is 4.00. The molecule has 6 nitrogen and oxygen atoms in total. The molecule has 1 aromatic carbocycles. The molecule has 3 aromatic rings. The van der Waals surface area contributed by atoms with Crippen molar-refractivity contribution < 1.29 is 23.8 Å². The van der Waals surface area contributed by atoms with E-state index in [0.29, 0.717) is 22.1 Å². The summed E-state index contributed by atoms with van der Waals surface area (Å²) < 4.78 is 11.2. The summed E-state index contributed by atoms with van der Waals surface area (Å²) in [4.78, 5) is 27.8. The van der Waals surface area contributed by atoms with E-state index in [2.05, 4.69) is 0 Å². The number of aliphatic hydroxyl groups is 1. The van der Waals surface area contributed by atoms with Crippen molar-refractivity contribution in [3.05, 3.63) is 82.1 Å². The molecule has 7 heteroatoms. The van der Waals surface area contributed by atoms with Gasteiger partial charge in [-0.1, -0.05) is 6.07 Å². The predicted molar refractivity (Wildman–Crippen MR) is 109 cm³/mol. The molecule has 1 amide bonds. The van der Waals surface area contributed by atoms with Crippen molar-refractivity contribution in [2.45, 2.75) is 26.0 Å². The fraction of sp³-hybridized carbons (Fsp3) is 0.182. The van der Waals surface area contributed by atoms with E-state index in [0.717, 1.165) is 0 Å². The Morgan fingerprint density at radius 3 is 2.52 bits per heavy atom. The van der Waals surface area contributed by atoms with E-state index >= 15 is 0 Å². The molecule has 0 spiro atoms. The van der Waals surface area contributed by atoms with Gasteiger partial charge in [-0.3, -0.25) is 14.5 Å². The van der Waals surface area contributed by atoms with Crippen LogP contribution in [0.3, 0.4) is 0 Å². The SMILES string of the molecule is CC(C)Oc1ccc(N2C(=O)C(O)=C(C(=O)c3cccs3)C2c2ccco2)cc1. The van der Waals surface area contributed by atoms with Crippen LogP contribution in [-0.4, -0.2) is 22.9 Å². The van der Waals surface area contributed by atoms with Gasteiger partial charge in [-0.2, -0.15) is 0 Å². The number of benzene rings is 1. The molecule has 0 saturated heterocycles. The zero-order chi connectivity index (χ0) is 20.5. The molecule has 0 saturated carbocycles. The van der Waals surface area contributed by atoms with E-state index in [4.69, 9.17) is 9.15 Å². The highest BCUT2D eigenvalue weighted by Gasteiger charge is 2.46. The fourth-order valence-electron chi connectivity index (χ4n) is 3.32. The Hall–Kier alpha value is -3.32. The molecule has 1 aliphatic heterocycles. The first-order valence-electron chi connectivity index (χ1n) is 9.12. The number of aliphatic hydroxyl groups excluding tert-OH is 1. The third kappa shape index (κ3) is 3.45. The Bertz CT molecular complexity index is 1050. The molecule has 0 fully saturated rings. The van der Waals surface area contributed by atoms with E-state index in [1.807, 2.05) is 13.8 Å². The van der Waals surface area contributed by atoms with Gasteiger partial charge in [0.1, 0.15) is 17.6 Å². The Morgan fingerprint density at radius 2 is 1.93 bits per heavy atom. The van der Waals surface area contributed by atoms with E-state index in [1.54, 1.807) is 53.9 Å². The number of ketones is 1. The van der Waals surface area contributed by atoms with Gasteiger partial charge in [0.25, 0.3) is 5.91 Å². The highest BCUT2D eigenvalue weighted by molar-refractivity contribution is 7.12. The molecule has 29 heavy (non-hydrogen) atoms. The van der Waals surface area contributed by atoms with Crippen molar-refractivity contribution in [1.29, 1.82) is 0 Å². The van der Waals surface area contributed by atoms with Crippen LogP contribution in [0.2, 0.25) is 0 Å². The zero-order valence-corrected chi connectivity index (χ0v) is 16.7. The molecule has 1 aliphatic rings. The number of rotatable bonds is 6. The number of carbonyl (C=O) groups excluding carboxylic acids is 2. The van der Waals surface area contributed by atoms with Crippen LogP contribution in [-0.2, 0) is 4.79 Å². The average Bonchev–Trinajstić information content (AvgIpc) is 3.44. The summed E-state index contributed by atoms with van der Waals surface area (Å²) in [6, 6.07) is 12.9. The first-order valence-corrected chi connectivity index (χ1v) is 10.0. The maximum Gasteiger partial charge on any atom is 0.294 e. The van der Waals surface area contributed by atoms with E-state index in [1.165, 1.54) is 22.5 Å². The lowest BCUT2D eigenvalue weighted by atomic mass is 10.00. The molecule has 1 N–H and O–H groups in total. The lowest BCUT2D eigenvalue weighted by Gasteiger charge is -2.25. The van der Waals surface area contributed by atoms with Crippen molar-refractivity contribution in [1.82, 2.24) is 0 Å². The monoisotopic (exact) mass is 409 g/mol. The third-order valence-corrected chi connectivity index (χ3v) is 5.37. The Kier molecular flexibility index (Phi) is 4.98. The number of hydrogen-bond acceptors (Lipinski definition) is 6. The second-order valence-electron chi connectivity index (χ2n) is 6.82. The van der Waals surface area contributed by atoms with Gasteiger partial charge >= 0.3 is 0 Å². The smallest absolute Gasteiger partial charge is 0.294 e. The second kappa shape index (κ2) is 7.60. The maximum absolute atomic E-state index is 13.1. The Morgan fingerprint density at radius 1 is 1.17 bits per heavy atom. The van der Waals surface area contributed by atoms with Gasteiger partial charge in [-0.25, -0.2) is 0 Å². The second-order valence-corrected chi connectivity index (χ2v) is 7.77. The molecule has 0 bridgehead atoms. The molecular formula is C22H19NO5S. The van der Waals surface area contributed by atoms with E-state index in [9.17, 15) is 14.7 Å². The minimum absolute atomic E-state index is 0.00917. The van der Waals surface area contributed by atoms with E-state index in [-0.39, 0.29) is 11.7 Å². The predicted octanol–water partition coefficient (Wildman–Crippen LogP) is 4.91.